The van der Waals surface area contributed by atoms with Gasteiger partial charge in [-0.05, 0) is 149 Å². The van der Waals surface area contributed by atoms with E-state index in [1.165, 1.54) is 66.1 Å². The Balaban J connectivity index is 1.18. The molecule has 1 heteroatoms. The molecule has 0 bridgehead atoms. The zero-order chi connectivity index (χ0) is 45.1. The Morgan fingerprint density at radius 1 is 0.403 bits per heavy atom. The van der Waals surface area contributed by atoms with Crippen LogP contribution in [-0.2, 0) is 6.42 Å². The monoisotopic (exact) mass is 855 g/mol. The van der Waals surface area contributed by atoms with Crippen molar-refractivity contribution in [2.24, 2.45) is 0 Å². The first-order valence-electron chi connectivity index (χ1n) is 23.2. The molecule has 10 aromatic rings. The molecule has 1 aliphatic rings. The van der Waals surface area contributed by atoms with E-state index in [1.807, 2.05) is 12.2 Å². The molecule has 0 aliphatic heterocycles. The summed E-state index contributed by atoms with van der Waals surface area (Å²) >= 11 is 0. The van der Waals surface area contributed by atoms with Crippen LogP contribution in [-0.4, -0.2) is 0 Å². The van der Waals surface area contributed by atoms with Crippen molar-refractivity contribution in [1.82, 2.24) is 0 Å². The van der Waals surface area contributed by atoms with E-state index in [2.05, 4.69) is 255 Å². The fourth-order valence-electron chi connectivity index (χ4n) is 10.2. The number of fused-ring (bicyclic) bond motifs is 3. The molecule has 0 amide bonds. The van der Waals surface area contributed by atoms with Crippen LogP contribution < -0.4 is 4.90 Å². The quantitative estimate of drug-likeness (QED) is 0.117. The van der Waals surface area contributed by atoms with Gasteiger partial charge in [-0.15, -0.1) is 0 Å². The first-order valence-corrected chi connectivity index (χ1v) is 23.2. The second kappa shape index (κ2) is 18.2. The van der Waals surface area contributed by atoms with Gasteiger partial charge in [0.15, 0.2) is 0 Å². The molecule has 0 N–H and O–H groups in total. The Morgan fingerprint density at radius 3 is 1.45 bits per heavy atom. The minimum atomic E-state index is 0.991. The van der Waals surface area contributed by atoms with Crippen molar-refractivity contribution in [2.45, 2.75) is 12.8 Å². The van der Waals surface area contributed by atoms with E-state index < -0.39 is 0 Å². The fraction of sp³-hybridized carbons (Fsp3) is 0.0303. The second-order valence-electron chi connectivity index (χ2n) is 17.2. The van der Waals surface area contributed by atoms with Gasteiger partial charge in [-0.3, -0.25) is 0 Å². The number of rotatable bonds is 11. The first-order chi connectivity index (χ1) is 33.2. The zero-order valence-corrected chi connectivity index (χ0v) is 37.4. The van der Waals surface area contributed by atoms with Gasteiger partial charge in [0.1, 0.15) is 0 Å². The summed E-state index contributed by atoms with van der Waals surface area (Å²) in [5, 5.41) is 4.90. The van der Waals surface area contributed by atoms with E-state index in [0.29, 0.717) is 0 Å². The summed E-state index contributed by atoms with van der Waals surface area (Å²) < 4.78 is 0. The lowest BCUT2D eigenvalue weighted by atomic mass is 9.83. The van der Waals surface area contributed by atoms with Crippen LogP contribution in [0.2, 0.25) is 0 Å². The van der Waals surface area contributed by atoms with Crippen LogP contribution in [0.1, 0.15) is 28.7 Å². The SMILES string of the molecule is C=C/C=C(\C=C)c1cc(N(c2ccc(-c3cccc4ccccc34)c(-c3ccccc3)c2)c2ccc(-c3cccc4ccccc34)c(-c3ccccc3)c2)ccc1C1=CCCc2ccccc21. The van der Waals surface area contributed by atoms with Crippen molar-refractivity contribution < 1.29 is 0 Å². The molecular formula is C66H49N. The average Bonchev–Trinajstić information content (AvgIpc) is 3.40. The normalized spacial score (nSPS) is 12.4. The van der Waals surface area contributed by atoms with Gasteiger partial charge in [0.05, 0.1) is 0 Å². The van der Waals surface area contributed by atoms with Crippen LogP contribution >= 0.6 is 0 Å². The maximum absolute atomic E-state index is 4.34. The third-order valence-corrected chi connectivity index (χ3v) is 13.3. The number of hydrogen-bond donors (Lipinski definition) is 0. The molecule has 67 heavy (non-hydrogen) atoms. The lowest BCUT2D eigenvalue weighted by Gasteiger charge is -2.29. The summed E-state index contributed by atoms with van der Waals surface area (Å²) in [5.41, 5.74) is 19.8. The van der Waals surface area contributed by atoms with Crippen LogP contribution in [0, 0.1) is 0 Å². The molecule has 1 nitrogen and oxygen atoms in total. The summed E-state index contributed by atoms with van der Waals surface area (Å²) in [5.74, 6) is 0. The van der Waals surface area contributed by atoms with E-state index >= 15 is 0 Å². The molecule has 0 radical (unpaired) electrons. The smallest absolute Gasteiger partial charge is 0.0468 e. The highest BCUT2D eigenvalue weighted by Crippen LogP contribution is 2.47. The molecule has 0 aromatic heterocycles. The molecule has 0 saturated carbocycles. The number of aryl methyl sites for hydroxylation is 1. The highest BCUT2D eigenvalue weighted by atomic mass is 15.1. The lowest BCUT2D eigenvalue weighted by Crippen LogP contribution is -2.12. The van der Waals surface area contributed by atoms with Crippen molar-refractivity contribution in [3.63, 3.8) is 0 Å². The Bertz CT molecular complexity index is 3380. The maximum Gasteiger partial charge on any atom is 0.0468 e. The number of allylic oxidation sites excluding steroid dienone is 5. The number of hydrogen-bond acceptors (Lipinski definition) is 1. The largest absolute Gasteiger partial charge is 0.310 e. The Hall–Kier alpha value is -8.52. The molecule has 0 spiro atoms. The molecule has 0 heterocycles. The predicted molar refractivity (Wildman–Crippen MR) is 288 cm³/mol. The highest BCUT2D eigenvalue weighted by molar-refractivity contribution is 6.04. The van der Waals surface area contributed by atoms with Gasteiger partial charge < -0.3 is 4.90 Å². The maximum atomic E-state index is 4.34. The molecule has 0 unspecified atom stereocenters. The van der Waals surface area contributed by atoms with Crippen LogP contribution in [0.5, 0.6) is 0 Å². The summed E-state index contributed by atoms with van der Waals surface area (Å²) in [6.45, 7) is 8.48. The van der Waals surface area contributed by atoms with Crippen LogP contribution in [0.3, 0.4) is 0 Å². The molecule has 0 atom stereocenters. The molecule has 1 aliphatic carbocycles. The van der Waals surface area contributed by atoms with Crippen molar-refractivity contribution in [3.8, 4) is 44.5 Å². The molecule has 10 aromatic carbocycles. The van der Waals surface area contributed by atoms with Gasteiger partial charge in [0.2, 0.25) is 0 Å². The van der Waals surface area contributed by atoms with Crippen LogP contribution in [0.25, 0.3) is 77.2 Å². The highest BCUT2D eigenvalue weighted by Gasteiger charge is 2.23. The Kier molecular flexibility index (Phi) is 11.2. The van der Waals surface area contributed by atoms with E-state index in [1.54, 1.807) is 0 Å². The zero-order valence-electron chi connectivity index (χ0n) is 37.4. The van der Waals surface area contributed by atoms with Gasteiger partial charge >= 0.3 is 0 Å². The summed E-state index contributed by atoms with van der Waals surface area (Å²) in [7, 11) is 0. The minimum Gasteiger partial charge on any atom is -0.310 e. The molecular weight excluding hydrogens is 807 g/mol. The average molecular weight is 856 g/mol. The summed E-state index contributed by atoms with van der Waals surface area (Å²) in [6.07, 6.45) is 10.3. The van der Waals surface area contributed by atoms with Crippen molar-refractivity contribution >= 4 is 49.8 Å². The second-order valence-corrected chi connectivity index (χ2v) is 17.2. The van der Waals surface area contributed by atoms with Gasteiger partial charge in [-0.1, -0.05) is 226 Å². The standard InChI is InChI=1S/C66H49N/c1-3-20-46(4-2)64-43-52(37-40-61(64)58-34-17-28-47-25-11-14-31-55(47)58)67(53-38-41-62(65(44-53)50-21-7-5-8-22-50)59-35-18-29-48-26-12-15-32-56(48)59)54-39-42-63(66(45-54)51-23-9-6-10-24-51)60-36-19-30-49-27-13-16-33-57(49)60/h3-16,18-27,29-45H,1-2,17,28H2/b46-20+. The van der Waals surface area contributed by atoms with Crippen molar-refractivity contribution in [1.29, 1.82) is 0 Å². The van der Waals surface area contributed by atoms with Crippen LogP contribution in [0.4, 0.5) is 17.1 Å². The minimum absolute atomic E-state index is 0.991. The van der Waals surface area contributed by atoms with Gasteiger partial charge in [0, 0.05) is 17.1 Å². The number of benzene rings is 10. The van der Waals surface area contributed by atoms with Crippen molar-refractivity contribution in [3.05, 3.63) is 284 Å². The molecule has 318 valence electrons. The fourth-order valence-corrected chi connectivity index (χ4v) is 10.2. The third-order valence-electron chi connectivity index (χ3n) is 13.3. The van der Waals surface area contributed by atoms with E-state index in [4.69, 9.17) is 0 Å². The molecule has 11 rings (SSSR count). The molecule has 0 saturated heterocycles. The van der Waals surface area contributed by atoms with Gasteiger partial charge in [-0.2, -0.15) is 0 Å². The number of anilines is 3. The molecule has 0 fully saturated rings. The third kappa shape index (κ3) is 7.81. The van der Waals surface area contributed by atoms with Crippen LogP contribution in [0.15, 0.2) is 262 Å². The topological polar surface area (TPSA) is 3.24 Å². The number of nitrogens with zero attached hydrogens (tertiary/aromatic N) is 1. The van der Waals surface area contributed by atoms with Gasteiger partial charge in [-0.25, -0.2) is 0 Å². The summed E-state index contributed by atoms with van der Waals surface area (Å²) in [4.78, 5) is 2.43. The Morgan fingerprint density at radius 2 is 0.881 bits per heavy atom. The van der Waals surface area contributed by atoms with Gasteiger partial charge in [0.25, 0.3) is 0 Å². The lowest BCUT2D eigenvalue weighted by molar-refractivity contribution is 0.977. The first kappa shape index (κ1) is 41.2. The summed E-state index contributed by atoms with van der Waals surface area (Å²) in [6, 6.07) is 82.1. The predicted octanol–water partition coefficient (Wildman–Crippen LogP) is 18.3. The van der Waals surface area contributed by atoms with E-state index in [-0.39, 0.29) is 0 Å². The van der Waals surface area contributed by atoms with Crippen molar-refractivity contribution in [2.75, 3.05) is 4.90 Å². The Labute approximate surface area is 394 Å². The van der Waals surface area contributed by atoms with E-state index in [9.17, 15) is 0 Å². The van der Waals surface area contributed by atoms with E-state index in [0.717, 1.165) is 63.3 Å².